The minimum atomic E-state index is -5.39. The second-order valence-corrected chi connectivity index (χ2v) is 16.0. The van der Waals surface area contributed by atoms with Crippen molar-refractivity contribution in [1.29, 1.82) is 0 Å². The molecular formula is C33H60F18N9O4P. The molecule has 0 saturated carbocycles. The van der Waals surface area contributed by atoms with Crippen molar-refractivity contribution >= 4 is 25.7 Å². The summed E-state index contributed by atoms with van der Waals surface area (Å²) in [7, 11) is -5.39. The van der Waals surface area contributed by atoms with Gasteiger partial charge in [0.2, 0.25) is 0 Å². The number of hydrogen-bond donors (Lipinski definition) is 6. The average Bonchev–Trinajstić information content (AvgIpc) is 3.00. The summed E-state index contributed by atoms with van der Waals surface area (Å²) in [6, 6.07) is -1.55. The van der Waals surface area contributed by atoms with Crippen molar-refractivity contribution in [3.8, 4) is 0 Å². The normalized spacial score (nSPS) is 12.7. The molecule has 0 amide bonds. The Bertz CT molecular complexity index is 1230. The lowest BCUT2D eigenvalue weighted by Crippen LogP contribution is -2.53. The van der Waals surface area contributed by atoms with E-state index in [9.17, 15) is 79.0 Å². The fourth-order valence-electron chi connectivity index (χ4n) is 5.18. The number of guanidine groups is 3. The first-order chi connectivity index (χ1) is 28.5. The molecule has 6 N–H and O–H groups in total. The highest BCUT2D eigenvalue weighted by atomic mass is 31.2. The van der Waals surface area contributed by atoms with E-state index in [1.54, 1.807) is 83.1 Å². The SMILES string of the molecule is CC(C)[N+](=C(NCC(F)(F)F)NCC(F)(F)F)C(C)C.CC(C)[N+](=C(NCC(F)(F)F)NCC(F)(F)F)C(C)C.CC(C)[N+](=C(NCC(F)(F)F)NCC(F)(F)F)C(C)C.O=P([O-])([O-])[O-]. The van der Waals surface area contributed by atoms with Gasteiger partial charge in [-0.1, -0.05) is 0 Å². The minimum absolute atomic E-state index is 0.258. The van der Waals surface area contributed by atoms with Crippen LogP contribution in [0.3, 0.4) is 0 Å². The first-order valence-electron chi connectivity index (χ1n) is 19.0. The number of halogens is 18. The predicted octanol–water partition coefficient (Wildman–Crippen LogP) is 4.60. The highest BCUT2D eigenvalue weighted by Crippen LogP contribution is 2.17. The summed E-state index contributed by atoms with van der Waals surface area (Å²) in [6.45, 7) is 11.8. The van der Waals surface area contributed by atoms with Crippen molar-refractivity contribution in [2.45, 2.75) is 156 Å². The summed E-state index contributed by atoms with van der Waals surface area (Å²) in [5.41, 5.74) is 0. The molecule has 0 atom stereocenters. The summed E-state index contributed by atoms with van der Waals surface area (Å²) in [6.07, 6.45) is -27.1. The molecular weight excluding hydrogens is 959 g/mol. The molecule has 13 nitrogen and oxygen atoms in total. The van der Waals surface area contributed by atoms with Gasteiger partial charge in [-0.05, 0) is 83.1 Å². The monoisotopic (exact) mass is 1020 g/mol. The zero-order chi connectivity index (χ0) is 52.9. The van der Waals surface area contributed by atoms with Crippen LogP contribution in [0.25, 0.3) is 0 Å². The molecule has 392 valence electrons. The third-order valence-electron chi connectivity index (χ3n) is 6.85. The first-order valence-corrected chi connectivity index (χ1v) is 20.5. The lowest BCUT2D eigenvalue weighted by atomic mass is 10.3. The van der Waals surface area contributed by atoms with Crippen molar-refractivity contribution < 1.29 is 112 Å². The van der Waals surface area contributed by atoms with Gasteiger partial charge in [-0.25, -0.2) is 0 Å². The van der Waals surface area contributed by atoms with Crippen molar-refractivity contribution in [1.82, 2.24) is 31.9 Å². The Hall–Kier alpha value is -3.34. The summed E-state index contributed by atoms with van der Waals surface area (Å²) < 4.78 is 233. The standard InChI is InChI=1S/3C11H19F6N3.H3O4P/c3*1-7(2)20(8(3)4)9(18-5-10(12,13)14)19-6-11(15,16)17;1-5(2,3)4/h3*7-8H,5-6H2,1-4H3,(H,18,19);(H3,1,2,3,4). The van der Waals surface area contributed by atoms with Gasteiger partial charge in [0.25, 0.3) is 0 Å². The van der Waals surface area contributed by atoms with E-state index >= 15 is 0 Å². The average molecular weight is 1020 g/mol. The number of hydrogen-bond acceptors (Lipinski definition) is 4. The molecule has 32 heteroatoms. The molecule has 0 fully saturated rings. The molecule has 0 aliphatic heterocycles. The molecule has 0 aliphatic rings. The maximum atomic E-state index is 12.2. The lowest BCUT2D eigenvalue weighted by molar-refractivity contribution is -0.591. The van der Waals surface area contributed by atoms with Gasteiger partial charge in [0, 0.05) is 0 Å². The van der Waals surface area contributed by atoms with Crippen molar-refractivity contribution in [3.05, 3.63) is 0 Å². The van der Waals surface area contributed by atoms with E-state index in [-0.39, 0.29) is 54.1 Å². The van der Waals surface area contributed by atoms with Crippen LogP contribution in [0, 0.1) is 0 Å². The topological polar surface area (TPSA) is 167 Å². The number of phosphoric acid groups is 1. The third kappa shape index (κ3) is 44.3. The second-order valence-electron chi connectivity index (χ2n) is 15.1. The van der Waals surface area contributed by atoms with E-state index in [0.29, 0.717) is 0 Å². The van der Waals surface area contributed by atoms with Crippen LogP contribution in [0.4, 0.5) is 79.0 Å². The minimum Gasteiger partial charge on any atom is -0.822 e. The molecule has 0 spiro atoms. The Morgan fingerprint density at radius 3 is 0.492 bits per heavy atom. The largest absolute Gasteiger partial charge is 0.822 e. The molecule has 0 aromatic carbocycles. The Balaban J connectivity index is -0.000000407. The molecule has 0 radical (unpaired) electrons. The third-order valence-corrected chi connectivity index (χ3v) is 6.85. The van der Waals surface area contributed by atoms with Crippen LogP contribution in [0.1, 0.15) is 83.1 Å². The van der Waals surface area contributed by atoms with Gasteiger partial charge in [-0.2, -0.15) is 86.9 Å². The number of nitrogens with one attached hydrogen (secondary N) is 6. The van der Waals surface area contributed by atoms with Gasteiger partial charge in [0.15, 0.2) is 39.3 Å². The molecule has 0 aromatic rings. The van der Waals surface area contributed by atoms with E-state index in [1.165, 1.54) is 13.7 Å². The number of rotatable bonds is 12. The molecule has 0 rings (SSSR count). The van der Waals surface area contributed by atoms with E-state index in [2.05, 4.69) is 0 Å². The lowest BCUT2D eigenvalue weighted by Gasteiger charge is -2.36. The maximum absolute atomic E-state index is 12.2. The van der Waals surface area contributed by atoms with Gasteiger partial charge in [0.1, 0.15) is 0 Å². The van der Waals surface area contributed by atoms with Crippen molar-refractivity contribution in [3.63, 3.8) is 0 Å². The van der Waals surface area contributed by atoms with Gasteiger partial charge in [-0.15, -0.1) is 0 Å². The number of nitrogens with zero attached hydrogens (tertiary/aromatic N) is 3. The van der Waals surface area contributed by atoms with Crippen molar-refractivity contribution in [2.24, 2.45) is 0 Å². The van der Waals surface area contributed by atoms with Gasteiger partial charge in [-0.3, -0.25) is 45.6 Å². The molecule has 0 saturated heterocycles. The zero-order valence-electron chi connectivity index (χ0n) is 37.4. The molecule has 0 aromatic heterocycles. The van der Waals surface area contributed by atoms with Crippen LogP contribution in [0.5, 0.6) is 0 Å². The molecule has 0 aliphatic carbocycles. The predicted molar refractivity (Wildman–Crippen MR) is 199 cm³/mol. The van der Waals surface area contributed by atoms with E-state index < -0.39 is 84.1 Å². The highest BCUT2D eigenvalue weighted by Gasteiger charge is 2.37. The van der Waals surface area contributed by atoms with Crippen LogP contribution >= 0.6 is 7.82 Å². The van der Waals surface area contributed by atoms with Gasteiger partial charge < -0.3 is 19.2 Å². The summed E-state index contributed by atoms with van der Waals surface area (Å²) >= 11 is 0. The Morgan fingerprint density at radius 1 is 0.338 bits per heavy atom. The van der Waals surface area contributed by atoms with Crippen molar-refractivity contribution in [2.75, 3.05) is 39.3 Å². The molecule has 0 unspecified atom stereocenters. The Labute approximate surface area is 365 Å². The quantitative estimate of drug-likeness (QED) is 0.0535. The van der Waals surface area contributed by atoms with Crippen LogP contribution < -0.4 is 46.6 Å². The second kappa shape index (κ2) is 28.7. The van der Waals surface area contributed by atoms with Crippen LogP contribution in [-0.4, -0.2) is 144 Å². The highest BCUT2D eigenvalue weighted by molar-refractivity contribution is 7.40. The van der Waals surface area contributed by atoms with Gasteiger partial charge >= 0.3 is 54.9 Å². The fourth-order valence-corrected chi connectivity index (χ4v) is 5.18. The van der Waals surface area contributed by atoms with E-state index in [1.807, 2.05) is 31.9 Å². The number of alkyl halides is 18. The molecule has 0 heterocycles. The van der Waals surface area contributed by atoms with Crippen LogP contribution in [0.15, 0.2) is 0 Å². The molecule has 0 bridgehead atoms. The maximum Gasteiger partial charge on any atom is 0.419 e. The van der Waals surface area contributed by atoms with E-state index in [4.69, 9.17) is 19.2 Å². The van der Waals surface area contributed by atoms with Crippen LogP contribution in [0.2, 0.25) is 0 Å². The Kier molecular flexibility index (Phi) is 30.2. The fraction of sp³-hybridized carbons (Fsp3) is 0.909. The van der Waals surface area contributed by atoms with Gasteiger partial charge in [0.05, 0.1) is 36.3 Å². The molecule has 65 heavy (non-hydrogen) atoms. The smallest absolute Gasteiger partial charge is 0.419 e. The van der Waals surface area contributed by atoms with Crippen LogP contribution in [-0.2, 0) is 4.57 Å². The first kappa shape index (κ1) is 68.2. The summed E-state index contributed by atoms with van der Waals surface area (Å²) in [5.74, 6) is -0.820. The van der Waals surface area contributed by atoms with E-state index in [0.717, 1.165) is 0 Å². The summed E-state index contributed by atoms with van der Waals surface area (Å²) in [4.78, 5) is 25.6. The Morgan fingerprint density at radius 2 is 0.431 bits per heavy atom. The zero-order valence-corrected chi connectivity index (χ0v) is 38.3. The summed E-state index contributed by atoms with van der Waals surface area (Å²) in [5, 5.41) is 12.0.